The number of hydrogen-bond acceptors (Lipinski definition) is 3. The molecular formula is C12H16N2O3. The Hall–Kier alpha value is -1.59. The Bertz CT molecular complexity index is 383. The van der Waals surface area contributed by atoms with E-state index in [0.717, 1.165) is 5.56 Å². The smallest absolute Gasteiger partial charge is 0.407 e. The predicted molar refractivity (Wildman–Crippen MR) is 62.7 cm³/mol. The topological polar surface area (TPSA) is 72.8 Å². The Morgan fingerprint density at radius 1 is 1.35 bits per heavy atom. The molecule has 1 aliphatic rings. The number of amides is 1. The van der Waals surface area contributed by atoms with Crippen LogP contribution in [0.15, 0.2) is 30.3 Å². The van der Waals surface area contributed by atoms with Crippen LogP contribution in [0, 0.1) is 0 Å². The summed E-state index contributed by atoms with van der Waals surface area (Å²) in [7, 11) is 0. The number of carbonyl (C=O) groups is 1. The van der Waals surface area contributed by atoms with Gasteiger partial charge in [0.05, 0.1) is 18.7 Å². The summed E-state index contributed by atoms with van der Waals surface area (Å²) in [5.41, 5.74) is 1.12. The molecular weight excluding hydrogens is 220 g/mol. The molecule has 0 aromatic heterocycles. The lowest BCUT2D eigenvalue weighted by Crippen LogP contribution is -2.38. The molecule has 1 fully saturated rings. The van der Waals surface area contributed by atoms with E-state index in [-0.39, 0.29) is 12.6 Å². The maximum atomic E-state index is 10.8. The van der Waals surface area contributed by atoms with Crippen molar-refractivity contribution in [3.8, 4) is 0 Å². The quantitative estimate of drug-likeness (QED) is 0.714. The molecule has 5 nitrogen and oxygen atoms in total. The summed E-state index contributed by atoms with van der Waals surface area (Å²) in [6.07, 6.45) is -1.61. The van der Waals surface area contributed by atoms with Crippen LogP contribution in [0.25, 0.3) is 0 Å². The van der Waals surface area contributed by atoms with Crippen LogP contribution >= 0.6 is 0 Å². The summed E-state index contributed by atoms with van der Waals surface area (Å²) in [6.45, 7) is 1.15. The number of carboxylic acid groups (broad SMARTS) is 1. The SMILES string of the molecule is O=C(O)N1C[C@@H](O)[C@H](NCc2ccccc2)C1. The molecule has 1 amide bonds. The second-order valence-electron chi connectivity index (χ2n) is 4.23. The van der Waals surface area contributed by atoms with Crippen molar-refractivity contribution < 1.29 is 15.0 Å². The molecule has 0 unspecified atom stereocenters. The van der Waals surface area contributed by atoms with Crippen LogP contribution in [0.3, 0.4) is 0 Å². The van der Waals surface area contributed by atoms with Gasteiger partial charge in [0.2, 0.25) is 0 Å². The van der Waals surface area contributed by atoms with Gasteiger partial charge < -0.3 is 20.4 Å². The third kappa shape index (κ3) is 2.95. The fourth-order valence-corrected chi connectivity index (χ4v) is 1.99. The molecule has 0 spiro atoms. The van der Waals surface area contributed by atoms with Crippen LogP contribution in [0.1, 0.15) is 5.56 Å². The molecule has 2 rings (SSSR count). The van der Waals surface area contributed by atoms with Gasteiger partial charge in [0, 0.05) is 13.1 Å². The molecule has 0 bridgehead atoms. The zero-order valence-corrected chi connectivity index (χ0v) is 9.41. The molecule has 0 radical (unpaired) electrons. The first-order valence-corrected chi connectivity index (χ1v) is 5.60. The predicted octanol–water partition coefficient (Wildman–Crippen LogP) is 0.499. The molecule has 1 aromatic rings. The van der Waals surface area contributed by atoms with Gasteiger partial charge in [-0.3, -0.25) is 0 Å². The number of aliphatic hydroxyl groups is 1. The van der Waals surface area contributed by atoms with E-state index >= 15 is 0 Å². The van der Waals surface area contributed by atoms with E-state index in [1.807, 2.05) is 30.3 Å². The zero-order chi connectivity index (χ0) is 12.3. The highest BCUT2D eigenvalue weighted by Gasteiger charge is 2.33. The molecule has 3 N–H and O–H groups in total. The Balaban J connectivity index is 1.86. The van der Waals surface area contributed by atoms with E-state index in [1.54, 1.807) is 0 Å². The maximum absolute atomic E-state index is 10.8. The summed E-state index contributed by atoms with van der Waals surface area (Å²) < 4.78 is 0. The number of aliphatic hydroxyl groups excluding tert-OH is 1. The first-order valence-electron chi connectivity index (χ1n) is 5.60. The average Bonchev–Trinajstić information content (AvgIpc) is 2.70. The molecule has 5 heteroatoms. The number of β-amino-alcohol motifs (C(OH)–C–C–N with tert-alkyl or cyclic N) is 1. The zero-order valence-electron chi connectivity index (χ0n) is 9.41. The third-order valence-corrected chi connectivity index (χ3v) is 2.97. The van der Waals surface area contributed by atoms with Crippen LogP contribution in [-0.4, -0.2) is 46.4 Å². The van der Waals surface area contributed by atoms with E-state index in [4.69, 9.17) is 5.11 Å². The second-order valence-corrected chi connectivity index (χ2v) is 4.23. The average molecular weight is 236 g/mol. The standard InChI is InChI=1S/C12H16N2O3/c15-11-8-14(12(16)17)7-10(11)13-6-9-4-2-1-3-5-9/h1-5,10-11,13,15H,6-8H2,(H,16,17)/t10-,11-/m1/s1. The van der Waals surface area contributed by atoms with E-state index in [0.29, 0.717) is 13.1 Å². The minimum Gasteiger partial charge on any atom is -0.465 e. The van der Waals surface area contributed by atoms with Crippen molar-refractivity contribution in [1.29, 1.82) is 0 Å². The van der Waals surface area contributed by atoms with Crippen molar-refractivity contribution >= 4 is 6.09 Å². The van der Waals surface area contributed by atoms with Gasteiger partial charge >= 0.3 is 6.09 Å². The number of nitrogens with zero attached hydrogens (tertiary/aromatic N) is 1. The van der Waals surface area contributed by atoms with Crippen molar-refractivity contribution in [2.75, 3.05) is 13.1 Å². The minimum absolute atomic E-state index is 0.182. The molecule has 0 saturated carbocycles. The first-order chi connectivity index (χ1) is 8.16. The van der Waals surface area contributed by atoms with E-state index in [2.05, 4.69) is 5.32 Å². The Morgan fingerprint density at radius 2 is 2.06 bits per heavy atom. The van der Waals surface area contributed by atoms with Gasteiger partial charge in [-0.05, 0) is 5.56 Å². The van der Waals surface area contributed by atoms with E-state index in [9.17, 15) is 9.90 Å². The molecule has 1 aromatic carbocycles. The molecule has 92 valence electrons. The van der Waals surface area contributed by atoms with Crippen LogP contribution < -0.4 is 5.32 Å². The van der Waals surface area contributed by atoms with E-state index < -0.39 is 12.2 Å². The number of rotatable bonds is 3. The van der Waals surface area contributed by atoms with Crippen molar-refractivity contribution in [2.24, 2.45) is 0 Å². The maximum Gasteiger partial charge on any atom is 0.407 e. The summed E-state index contributed by atoms with van der Waals surface area (Å²) in [6, 6.07) is 9.63. The summed E-state index contributed by atoms with van der Waals surface area (Å²) in [5, 5.41) is 21.7. The van der Waals surface area contributed by atoms with Crippen molar-refractivity contribution in [3.05, 3.63) is 35.9 Å². The van der Waals surface area contributed by atoms with Crippen LogP contribution in [0.4, 0.5) is 4.79 Å². The van der Waals surface area contributed by atoms with Crippen LogP contribution in [0.2, 0.25) is 0 Å². The first kappa shape index (κ1) is 11.9. The van der Waals surface area contributed by atoms with Gasteiger partial charge in [0.1, 0.15) is 0 Å². The molecule has 1 heterocycles. The minimum atomic E-state index is -0.979. The third-order valence-electron chi connectivity index (χ3n) is 2.97. The van der Waals surface area contributed by atoms with Gasteiger partial charge in [0.15, 0.2) is 0 Å². The Kier molecular flexibility index (Phi) is 3.61. The molecule has 17 heavy (non-hydrogen) atoms. The highest BCUT2D eigenvalue weighted by Crippen LogP contribution is 2.11. The van der Waals surface area contributed by atoms with Gasteiger partial charge in [-0.25, -0.2) is 4.79 Å². The lowest BCUT2D eigenvalue weighted by atomic mass is 10.2. The lowest BCUT2D eigenvalue weighted by Gasteiger charge is -2.15. The highest BCUT2D eigenvalue weighted by molar-refractivity contribution is 5.65. The molecule has 2 atom stereocenters. The van der Waals surface area contributed by atoms with Crippen molar-refractivity contribution in [2.45, 2.75) is 18.7 Å². The van der Waals surface area contributed by atoms with Gasteiger partial charge in [-0.15, -0.1) is 0 Å². The molecule has 1 saturated heterocycles. The second kappa shape index (κ2) is 5.16. The fraction of sp³-hybridized carbons (Fsp3) is 0.417. The summed E-state index contributed by atoms with van der Waals surface area (Å²) >= 11 is 0. The largest absolute Gasteiger partial charge is 0.465 e. The highest BCUT2D eigenvalue weighted by atomic mass is 16.4. The van der Waals surface area contributed by atoms with Crippen molar-refractivity contribution in [3.63, 3.8) is 0 Å². The number of benzene rings is 1. The molecule has 0 aliphatic carbocycles. The summed E-state index contributed by atoms with van der Waals surface area (Å²) in [4.78, 5) is 12.0. The van der Waals surface area contributed by atoms with E-state index in [1.165, 1.54) is 4.90 Å². The van der Waals surface area contributed by atoms with Gasteiger partial charge in [-0.1, -0.05) is 30.3 Å². The normalized spacial score (nSPS) is 23.9. The van der Waals surface area contributed by atoms with Crippen molar-refractivity contribution in [1.82, 2.24) is 10.2 Å². The number of hydrogen-bond donors (Lipinski definition) is 3. The van der Waals surface area contributed by atoms with Crippen LogP contribution in [0.5, 0.6) is 0 Å². The van der Waals surface area contributed by atoms with Crippen LogP contribution in [-0.2, 0) is 6.54 Å². The molecule has 1 aliphatic heterocycles. The fourth-order valence-electron chi connectivity index (χ4n) is 1.99. The van der Waals surface area contributed by atoms with Gasteiger partial charge in [0.25, 0.3) is 0 Å². The van der Waals surface area contributed by atoms with Gasteiger partial charge in [-0.2, -0.15) is 0 Å². The lowest BCUT2D eigenvalue weighted by molar-refractivity contribution is 0.136. The Morgan fingerprint density at radius 3 is 2.65 bits per heavy atom. The number of likely N-dealkylation sites (tertiary alicyclic amines) is 1. The summed E-state index contributed by atoms with van der Waals surface area (Å²) in [5.74, 6) is 0. The number of nitrogens with one attached hydrogen (secondary N) is 1. The Labute approximate surface area is 99.7 Å². The monoisotopic (exact) mass is 236 g/mol.